The molecule has 2 aromatic rings. The lowest BCUT2D eigenvalue weighted by Gasteiger charge is -2.08. The van der Waals surface area contributed by atoms with Gasteiger partial charge in [-0.2, -0.15) is 0 Å². The highest BCUT2D eigenvalue weighted by Gasteiger charge is 2.03. The van der Waals surface area contributed by atoms with Crippen LogP contribution in [0.1, 0.15) is 23.9 Å². The fourth-order valence-electron chi connectivity index (χ4n) is 1.77. The lowest BCUT2D eigenvalue weighted by atomic mass is 10.2. The van der Waals surface area contributed by atoms with Gasteiger partial charge in [0.25, 0.3) is 0 Å². The zero-order valence-corrected chi connectivity index (χ0v) is 11.0. The number of aromatic nitrogens is 2. The average molecular weight is 258 g/mol. The smallest absolute Gasteiger partial charge is 0.213 e. The van der Waals surface area contributed by atoms with Gasteiger partial charge in [0, 0.05) is 30.1 Å². The van der Waals surface area contributed by atoms with Gasteiger partial charge in [0.15, 0.2) is 0 Å². The molecule has 0 atom stereocenters. The fourth-order valence-corrected chi connectivity index (χ4v) is 1.77. The maximum atomic E-state index is 9.19. The average Bonchev–Trinajstić information content (AvgIpc) is 2.48. The SMILES string of the molecule is CCc1cc(CO)cc(OCCc2ccccn2)n1. The molecule has 0 radical (unpaired) electrons. The monoisotopic (exact) mass is 258 g/mol. The topological polar surface area (TPSA) is 55.2 Å². The minimum absolute atomic E-state index is 0.00607. The molecule has 0 saturated heterocycles. The first-order valence-electron chi connectivity index (χ1n) is 6.45. The van der Waals surface area contributed by atoms with E-state index in [4.69, 9.17) is 4.74 Å². The highest BCUT2D eigenvalue weighted by molar-refractivity contribution is 5.24. The Hall–Kier alpha value is -1.94. The minimum atomic E-state index is 0.00607. The first kappa shape index (κ1) is 13.5. The van der Waals surface area contributed by atoms with Crippen LogP contribution in [0, 0.1) is 0 Å². The van der Waals surface area contributed by atoms with Crippen LogP contribution in [0.5, 0.6) is 5.88 Å². The van der Waals surface area contributed by atoms with Crippen molar-refractivity contribution in [1.29, 1.82) is 0 Å². The first-order valence-corrected chi connectivity index (χ1v) is 6.45. The Morgan fingerprint density at radius 2 is 2.11 bits per heavy atom. The Balaban J connectivity index is 1.95. The van der Waals surface area contributed by atoms with Crippen LogP contribution in [0.25, 0.3) is 0 Å². The van der Waals surface area contributed by atoms with E-state index in [1.54, 1.807) is 12.3 Å². The molecule has 2 heterocycles. The highest BCUT2D eigenvalue weighted by atomic mass is 16.5. The number of aliphatic hydroxyl groups excluding tert-OH is 1. The van der Waals surface area contributed by atoms with E-state index < -0.39 is 0 Å². The molecule has 0 aromatic carbocycles. The second-order valence-corrected chi connectivity index (χ2v) is 4.24. The van der Waals surface area contributed by atoms with E-state index in [2.05, 4.69) is 9.97 Å². The summed E-state index contributed by atoms with van der Waals surface area (Å²) in [6, 6.07) is 9.49. The Morgan fingerprint density at radius 1 is 1.21 bits per heavy atom. The van der Waals surface area contributed by atoms with Gasteiger partial charge in [-0.3, -0.25) is 4.98 Å². The van der Waals surface area contributed by atoms with Crippen molar-refractivity contribution in [2.24, 2.45) is 0 Å². The Bertz CT molecular complexity index is 493. The molecule has 0 aliphatic rings. The molecule has 0 saturated carbocycles. The van der Waals surface area contributed by atoms with Crippen molar-refractivity contribution in [3.8, 4) is 5.88 Å². The molecule has 0 unspecified atom stereocenters. The number of aliphatic hydroxyl groups is 1. The molecule has 4 heteroatoms. The zero-order valence-electron chi connectivity index (χ0n) is 11.0. The summed E-state index contributed by atoms with van der Waals surface area (Å²) in [6.45, 7) is 2.56. The van der Waals surface area contributed by atoms with Crippen molar-refractivity contribution in [3.63, 3.8) is 0 Å². The van der Waals surface area contributed by atoms with Crippen molar-refractivity contribution >= 4 is 0 Å². The molecule has 0 aliphatic heterocycles. The van der Waals surface area contributed by atoms with Crippen LogP contribution in [-0.4, -0.2) is 21.7 Å². The summed E-state index contributed by atoms with van der Waals surface area (Å²) in [5.74, 6) is 0.569. The standard InChI is InChI=1S/C15H18N2O2/c1-2-13-9-12(11-18)10-15(17-13)19-8-6-14-5-3-4-7-16-14/h3-5,7,9-10,18H,2,6,8,11H2,1H3. The molecule has 0 fully saturated rings. The summed E-state index contributed by atoms with van der Waals surface area (Å²) in [4.78, 5) is 8.61. The van der Waals surface area contributed by atoms with Gasteiger partial charge >= 0.3 is 0 Å². The molecule has 1 N–H and O–H groups in total. The molecule has 100 valence electrons. The van der Waals surface area contributed by atoms with E-state index in [1.165, 1.54) is 0 Å². The third-order valence-electron chi connectivity index (χ3n) is 2.79. The third kappa shape index (κ3) is 4.03. The second kappa shape index (κ2) is 6.85. The number of hydrogen-bond acceptors (Lipinski definition) is 4. The summed E-state index contributed by atoms with van der Waals surface area (Å²) in [5, 5.41) is 9.19. The highest BCUT2D eigenvalue weighted by Crippen LogP contribution is 2.13. The summed E-state index contributed by atoms with van der Waals surface area (Å²) in [6.07, 6.45) is 3.34. The van der Waals surface area contributed by atoms with Gasteiger partial charge in [0.05, 0.1) is 13.2 Å². The van der Waals surface area contributed by atoms with Crippen molar-refractivity contribution in [3.05, 3.63) is 53.5 Å². The van der Waals surface area contributed by atoms with Crippen LogP contribution in [0.2, 0.25) is 0 Å². The number of ether oxygens (including phenoxy) is 1. The molecular formula is C15H18N2O2. The number of hydrogen-bond donors (Lipinski definition) is 1. The molecule has 0 bridgehead atoms. The predicted octanol–water partition coefficient (Wildman–Crippen LogP) is 2.15. The molecule has 0 amide bonds. The van der Waals surface area contributed by atoms with Gasteiger partial charge in [-0.1, -0.05) is 13.0 Å². The summed E-state index contributed by atoms with van der Waals surface area (Å²) in [7, 11) is 0. The van der Waals surface area contributed by atoms with Gasteiger partial charge in [-0.25, -0.2) is 4.98 Å². The van der Waals surface area contributed by atoms with Gasteiger partial charge in [-0.15, -0.1) is 0 Å². The number of aryl methyl sites for hydroxylation is 1. The van der Waals surface area contributed by atoms with E-state index >= 15 is 0 Å². The van der Waals surface area contributed by atoms with Crippen LogP contribution in [0.15, 0.2) is 36.5 Å². The van der Waals surface area contributed by atoms with Crippen LogP contribution in [0.4, 0.5) is 0 Å². The van der Waals surface area contributed by atoms with Crippen LogP contribution >= 0.6 is 0 Å². The minimum Gasteiger partial charge on any atom is -0.477 e. The van der Waals surface area contributed by atoms with Crippen LogP contribution < -0.4 is 4.74 Å². The fraction of sp³-hybridized carbons (Fsp3) is 0.333. The Labute approximate surface area is 113 Å². The molecule has 0 aliphatic carbocycles. The summed E-state index contributed by atoms with van der Waals surface area (Å²) < 4.78 is 5.63. The van der Waals surface area contributed by atoms with Gasteiger partial charge < -0.3 is 9.84 Å². The number of pyridine rings is 2. The molecule has 2 rings (SSSR count). The lowest BCUT2D eigenvalue weighted by molar-refractivity contribution is 0.277. The van der Waals surface area contributed by atoms with Gasteiger partial charge in [-0.05, 0) is 30.2 Å². The largest absolute Gasteiger partial charge is 0.477 e. The molecule has 0 spiro atoms. The van der Waals surface area contributed by atoms with Crippen molar-refractivity contribution in [1.82, 2.24) is 9.97 Å². The quantitative estimate of drug-likeness (QED) is 0.862. The van der Waals surface area contributed by atoms with E-state index in [0.717, 1.165) is 29.8 Å². The normalized spacial score (nSPS) is 10.4. The second-order valence-electron chi connectivity index (χ2n) is 4.24. The van der Waals surface area contributed by atoms with Gasteiger partial charge in [0.1, 0.15) is 0 Å². The van der Waals surface area contributed by atoms with Crippen LogP contribution in [-0.2, 0) is 19.4 Å². The number of nitrogens with zero attached hydrogens (tertiary/aromatic N) is 2. The third-order valence-corrected chi connectivity index (χ3v) is 2.79. The Kier molecular flexibility index (Phi) is 4.86. The molecular weight excluding hydrogens is 240 g/mol. The predicted molar refractivity (Wildman–Crippen MR) is 73.0 cm³/mol. The molecule has 4 nitrogen and oxygen atoms in total. The summed E-state index contributed by atoms with van der Waals surface area (Å²) >= 11 is 0. The van der Waals surface area contributed by atoms with E-state index in [1.807, 2.05) is 31.2 Å². The zero-order chi connectivity index (χ0) is 13.5. The van der Waals surface area contributed by atoms with Crippen molar-refractivity contribution in [2.75, 3.05) is 6.61 Å². The summed E-state index contributed by atoms with van der Waals surface area (Å²) in [5.41, 5.74) is 2.76. The van der Waals surface area contributed by atoms with E-state index in [0.29, 0.717) is 12.5 Å². The van der Waals surface area contributed by atoms with E-state index in [-0.39, 0.29) is 6.61 Å². The van der Waals surface area contributed by atoms with Crippen molar-refractivity contribution in [2.45, 2.75) is 26.4 Å². The molecule has 19 heavy (non-hydrogen) atoms. The van der Waals surface area contributed by atoms with Gasteiger partial charge in [0.2, 0.25) is 5.88 Å². The van der Waals surface area contributed by atoms with Crippen molar-refractivity contribution < 1.29 is 9.84 Å². The Morgan fingerprint density at radius 3 is 2.79 bits per heavy atom. The van der Waals surface area contributed by atoms with Crippen LogP contribution in [0.3, 0.4) is 0 Å². The number of rotatable bonds is 6. The first-order chi connectivity index (χ1) is 9.31. The maximum Gasteiger partial charge on any atom is 0.213 e. The molecule has 2 aromatic heterocycles. The lowest BCUT2D eigenvalue weighted by Crippen LogP contribution is -2.05. The maximum absolute atomic E-state index is 9.19. The van der Waals surface area contributed by atoms with E-state index in [9.17, 15) is 5.11 Å².